The molecule has 2 unspecified atom stereocenters. The molecule has 7 nitrogen and oxygen atoms in total. The zero-order valence-electron chi connectivity index (χ0n) is 25.1. The SMILES string of the molecule is CCCCCCN(C(=O)C(NC(=O)OC(C)(C)C)C(C)C)C(C(=O)NC(C)(C)C)c1cccc(C)c1C. The number of benzene rings is 1. The Labute approximate surface area is 225 Å². The van der Waals surface area contributed by atoms with E-state index in [1.807, 2.05) is 66.7 Å². The van der Waals surface area contributed by atoms with Crippen LogP contribution in [0.25, 0.3) is 0 Å². The summed E-state index contributed by atoms with van der Waals surface area (Å²) in [6.45, 7) is 21.5. The molecule has 0 aliphatic rings. The van der Waals surface area contributed by atoms with Crippen molar-refractivity contribution in [3.63, 3.8) is 0 Å². The lowest BCUT2D eigenvalue weighted by atomic mass is 9.93. The van der Waals surface area contributed by atoms with Crippen molar-refractivity contribution < 1.29 is 19.1 Å². The van der Waals surface area contributed by atoms with Crippen LogP contribution in [-0.2, 0) is 14.3 Å². The third kappa shape index (κ3) is 10.7. The van der Waals surface area contributed by atoms with Crippen LogP contribution in [0.4, 0.5) is 4.79 Å². The third-order valence-corrected chi connectivity index (χ3v) is 6.14. The number of rotatable bonds is 11. The van der Waals surface area contributed by atoms with Crippen LogP contribution < -0.4 is 10.6 Å². The van der Waals surface area contributed by atoms with Crippen molar-refractivity contribution >= 4 is 17.9 Å². The second-order valence-corrected chi connectivity index (χ2v) is 12.4. The molecule has 0 aliphatic heterocycles. The van der Waals surface area contributed by atoms with Crippen LogP contribution in [0.3, 0.4) is 0 Å². The Hall–Kier alpha value is -2.57. The van der Waals surface area contributed by atoms with E-state index in [2.05, 4.69) is 17.6 Å². The van der Waals surface area contributed by atoms with Gasteiger partial charge in [0.2, 0.25) is 11.8 Å². The fourth-order valence-electron chi connectivity index (χ4n) is 4.16. The van der Waals surface area contributed by atoms with Crippen molar-refractivity contribution in [1.82, 2.24) is 15.5 Å². The van der Waals surface area contributed by atoms with Crippen molar-refractivity contribution in [2.24, 2.45) is 5.92 Å². The van der Waals surface area contributed by atoms with Crippen molar-refractivity contribution in [3.05, 3.63) is 34.9 Å². The lowest BCUT2D eigenvalue weighted by Crippen LogP contribution is -2.56. The first-order valence-electron chi connectivity index (χ1n) is 13.7. The van der Waals surface area contributed by atoms with Gasteiger partial charge in [-0.25, -0.2) is 4.79 Å². The number of alkyl carbamates (subject to hydrolysis) is 1. The highest BCUT2D eigenvalue weighted by Crippen LogP contribution is 2.29. The molecule has 0 aromatic heterocycles. The Bertz CT molecular complexity index is 912. The predicted octanol–water partition coefficient (Wildman–Crippen LogP) is 6.22. The van der Waals surface area contributed by atoms with Gasteiger partial charge in [0, 0.05) is 12.1 Å². The van der Waals surface area contributed by atoms with Crippen LogP contribution in [0.1, 0.15) is 111 Å². The minimum atomic E-state index is -0.837. The van der Waals surface area contributed by atoms with E-state index in [0.717, 1.165) is 42.4 Å². The molecule has 0 bridgehead atoms. The van der Waals surface area contributed by atoms with E-state index in [1.54, 1.807) is 25.7 Å². The minimum absolute atomic E-state index is 0.205. The standard InChI is InChI=1S/C30H51N3O4/c1-12-13-14-15-19-33(27(35)24(20(2)3)31-28(36)37-30(9,10)11)25(26(34)32-29(6,7)8)23-18-16-17-21(4)22(23)5/h16-18,20,24-25H,12-15,19H2,1-11H3,(H,31,36)(H,32,34). The van der Waals surface area contributed by atoms with E-state index in [4.69, 9.17) is 4.74 Å². The summed E-state index contributed by atoms with van der Waals surface area (Å²) in [6.07, 6.45) is 3.18. The van der Waals surface area contributed by atoms with Gasteiger partial charge in [-0.3, -0.25) is 9.59 Å². The second-order valence-electron chi connectivity index (χ2n) is 12.4. The Morgan fingerprint density at radius 1 is 0.973 bits per heavy atom. The average molecular weight is 518 g/mol. The maximum atomic E-state index is 14.2. The van der Waals surface area contributed by atoms with Gasteiger partial charge in [0.05, 0.1) is 0 Å². The minimum Gasteiger partial charge on any atom is -0.444 e. The Morgan fingerprint density at radius 3 is 2.11 bits per heavy atom. The number of amides is 3. The van der Waals surface area contributed by atoms with Gasteiger partial charge in [0.25, 0.3) is 0 Å². The highest BCUT2D eigenvalue weighted by molar-refractivity contribution is 5.92. The van der Waals surface area contributed by atoms with Gasteiger partial charge < -0.3 is 20.3 Å². The molecular weight excluding hydrogens is 466 g/mol. The summed E-state index contributed by atoms with van der Waals surface area (Å²) in [5.41, 5.74) is 1.66. The van der Waals surface area contributed by atoms with Gasteiger partial charge in [0.15, 0.2) is 0 Å². The van der Waals surface area contributed by atoms with E-state index < -0.39 is 29.3 Å². The van der Waals surface area contributed by atoms with Gasteiger partial charge in [0.1, 0.15) is 17.7 Å². The molecule has 3 amide bonds. The maximum Gasteiger partial charge on any atom is 0.408 e. The van der Waals surface area contributed by atoms with Gasteiger partial charge in [-0.2, -0.15) is 0 Å². The van der Waals surface area contributed by atoms with Crippen LogP contribution in [-0.4, -0.2) is 46.5 Å². The van der Waals surface area contributed by atoms with Gasteiger partial charge in [-0.15, -0.1) is 0 Å². The van der Waals surface area contributed by atoms with E-state index >= 15 is 0 Å². The molecule has 210 valence electrons. The molecule has 7 heteroatoms. The number of ether oxygens (including phenoxy) is 1. The summed E-state index contributed by atoms with van der Waals surface area (Å²) in [6, 6.07) is 4.19. The number of hydrogen-bond acceptors (Lipinski definition) is 4. The van der Waals surface area contributed by atoms with E-state index in [1.165, 1.54) is 0 Å². The Kier molecular flexibility index (Phi) is 12.1. The van der Waals surface area contributed by atoms with Gasteiger partial charge >= 0.3 is 6.09 Å². The van der Waals surface area contributed by atoms with Gasteiger partial charge in [-0.05, 0) is 84.4 Å². The predicted molar refractivity (Wildman–Crippen MR) is 150 cm³/mol. The lowest BCUT2D eigenvalue weighted by Gasteiger charge is -2.37. The fraction of sp³-hybridized carbons (Fsp3) is 0.700. The number of carbonyl (C=O) groups is 3. The first-order valence-corrected chi connectivity index (χ1v) is 13.7. The van der Waals surface area contributed by atoms with Crippen molar-refractivity contribution in [2.45, 2.75) is 125 Å². The topological polar surface area (TPSA) is 87.7 Å². The molecule has 1 aromatic rings. The highest BCUT2D eigenvalue weighted by Gasteiger charge is 2.38. The van der Waals surface area contributed by atoms with Crippen molar-refractivity contribution in [3.8, 4) is 0 Å². The molecule has 0 heterocycles. The molecule has 0 saturated heterocycles. The van der Waals surface area contributed by atoms with E-state index in [-0.39, 0.29) is 17.7 Å². The molecule has 0 radical (unpaired) electrons. The molecule has 1 aromatic carbocycles. The number of nitrogens with one attached hydrogen (secondary N) is 2. The summed E-state index contributed by atoms with van der Waals surface area (Å²) in [5, 5.41) is 5.89. The molecule has 0 fully saturated rings. The monoisotopic (exact) mass is 517 g/mol. The zero-order chi connectivity index (χ0) is 28.6. The van der Waals surface area contributed by atoms with E-state index in [0.29, 0.717) is 6.54 Å². The quantitative estimate of drug-likeness (QED) is 0.341. The molecule has 1 rings (SSSR count). The van der Waals surface area contributed by atoms with E-state index in [9.17, 15) is 14.4 Å². The zero-order valence-corrected chi connectivity index (χ0v) is 25.1. The summed E-state index contributed by atoms with van der Waals surface area (Å²) < 4.78 is 5.45. The number of unbranched alkanes of at least 4 members (excludes halogenated alkanes) is 3. The number of hydrogen-bond donors (Lipinski definition) is 2. The molecule has 0 spiro atoms. The molecule has 37 heavy (non-hydrogen) atoms. The smallest absolute Gasteiger partial charge is 0.408 e. The van der Waals surface area contributed by atoms with Crippen LogP contribution >= 0.6 is 0 Å². The summed E-state index contributed by atoms with van der Waals surface area (Å²) in [5.74, 6) is -0.722. The fourth-order valence-corrected chi connectivity index (χ4v) is 4.16. The second kappa shape index (κ2) is 13.8. The number of carbonyl (C=O) groups excluding carboxylic acids is 3. The van der Waals surface area contributed by atoms with Crippen LogP contribution in [0, 0.1) is 19.8 Å². The Morgan fingerprint density at radius 2 is 1.59 bits per heavy atom. The summed E-state index contributed by atoms with van der Waals surface area (Å²) in [4.78, 5) is 42.4. The normalized spacial score (nSPS) is 13.6. The van der Waals surface area contributed by atoms with Crippen LogP contribution in [0.15, 0.2) is 18.2 Å². The first kappa shape index (κ1) is 32.5. The Balaban J connectivity index is 3.58. The maximum absolute atomic E-state index is 14.2. The first-order chi connectivity index (χ1) is 17.0. The summed E-state index contributed by atoms with van der Waals surface area (Å²) >= 11 is 0. The molecule has 2 atom stereocenters. The van der Waals surface area contributed by atoms with Gasteiger partial charge in [-0.1, -0.05) is 58.2 Å². The lowest BCUT2D eigenvalue weighted by molar-refractivity contribution is -0.144. The third-order valence-electron chi connectivity index (χ3n) is 6.14. The number of aryl methyl sites for hydroxylation is 1. The molecule has 0 aliphatic carbocycles. The average Bonchev–Trinajstić information content (AvgIpc) is 2.73. The largest absolute Gasteiger partial charge is 0.444 e. The van der Waals surface area contributed by atoms with Crippen molar-refractivity contribution in [1.29, 1.82) is 0 Å². The van der Waals surface area contributed by atoms with Crippen LogP contribution in [0.5, 0.6) is 0 Å². The van der Waals surface area contributed by atoms with Crippen molar-refractivity contribution in [2.75, 3.05) is 6.54 Å². The molecule has 2 N–H and O–H groups in total. The molecule has 0 saturated carbocycles. The number of nitrogens with zero attached hydrogens (tertiary/aromatic N) is 1. The molecular formula is C30H51N3O4. The van der Waals surface area contributed by atoms with Crippen LogP contribution in [0.2, 0.25) is 0 Å². The highest BCUT2D eigenvalue weighted by atomic mass is 16.6. The summed E-state index contributed by atoms with van der Waals surface area (Å²) in [7, 11) is 0.